The summed E-state index contributed by atoms with van der Waals surface area (Å²) in [5, 5.41) is 9.21. The van der Waals surface area contributed by atoms with Gasteiger partial charge in [-0.05, 0) is 49.8 Å². The van der Waals surface area contributed by atoms with Gasteiger partial charge in [0.05, 0.1) is 0 Å². The van der Waals surface area contributed by atoms with Gasteiger partial charge in [-0.15, -0.1) is 0 Å². The van der Waals surface area contributed by atoms with Crippen LogP contribution in [0.25, 0.3) is 0 Å². The van der Waals surface area contributed by atoms with E-state index in [0.29, 0.717) is 12.5 Å². The quantitative estimate of drug-likeness (QED) is 0.799. The Morgan fingerprint density at radius 1 is 1.31 bits per heavy atom. The molecule has 0 aliphatic carbocycles. The van der Waals surface area contributed by atoms with Crippen molar-refractivity contribution in [3.8, 4) is 0 Å². The molecule has 2 unspecified atom stereocenters. The molecular formula is C14H23NO. The van der Waals surface area contributed by atoms with E-state index in [2.05, 4.69) is 39.0 Å². The molecule has 0 aliphatic heterocycles. The van der Waals surface area contributed by atoms with E-state index in [9.17, 15) is 5.11 Å². The van der Waals surface area contributed by atoms with Crippen LogP contribution in [0, 0.1) is 25.7 Å². The number of hydrogen-bond acceptors (Lipinski definition) is 2. The normalized spacial score (nSPS) is 14.8. The van der Waals surface area contributed by atoms with Crippen LogP contribution in [0.2, 0.25) is 0 Å². The Morgan fingerprint density at radius 3 is 2.50 bits per heavy atom. The van der Waals surface area contributed by atoms with Gasteiger partial charge in [0.25, 0.3) is 0 Å². The molecular weight excluding hydrogens is 198 g/mol. The minimum atomic E-state index is 0.183. The second kappa shape index (κ2) is 6.02. The fourth-order valence-electron chi connectivity index (χ4n) is 2.08. The average molecular weight is 221 g/mol. The first-order valence-electron chi connectivity index (χ1n) is 5.95. The molecule has 0 aromatic heterocycles. The van der Waals surface area contributed by atoms with E-state index < -0.39 is 0 Å². The molecule has 16 heavy (non-hydrogen) atoms. The lowest BCUT2D eigenvalue weighted by atomic mass is 9.87. The Kier molecular flexibility index (Phi) is 4.97. The van der Waals surface area contributed by atoms with Crippen molar-refractivity contribution in [3.63, 3.8) is 0 Å². The molecule has 0 spiro atoms. The summed E-state index contributed by atoms with van der Waals surface area (Å²) in [5.41, 5.74) is 9.64. The summed E-state index contributed by atoms with van der Waals surface area (Å²) in [5.74, 6) is 0.636. The molecule has 1 rings (SSSR count). The monoisotopic (exact) mass is 221 g/mol. The molecule has 0 heterocycles. The van der Waals surface area contributed by atoms with Crippen LogP contribution in [-0.2, 0) is 6.42 Å². The Hall–Kier alpha value is -0.860. The van der Waals surface area contributed by atoms with Gasteiger partial charge in [0.15, 0.2) is 0 Å². The van der Waals surface area contributed by atoms with Crippen LogP contribution in [0.1, 0.15) is 23.6 Å². The molecule has 2 heteroatoms. The maximum absolute atomic E-state index is 9.21. The lowest BCUT2D eigenvalue weighted by Gasteiger charge is -2.21. The van der Waals surface area contributed by atoms with Crippen LogP contribution < -0.4 is 5.73 Å². The van der Waals surface area contributed by atoms with Gasteiger partial charge in [-0.2, -0.15) is 0 Å². The van der Waals surface area contributed by atoms with Crippen molar-refractivity contribution in [3.05, 3.63) is 34.9 Å². The van der Waals surface area contributed by atoms with Crippen molar-refractivity contribution in [1.29, 1.82) is 0 Å². The number of aryl methyl sites for hydroxylation is 2. The van der Waals surface area contributed by atoms with Gasteiger partial charge in [0.2, 0.25) is 0 Å². The highest BCUT2D eigenvalue weighted by molar-refractivity contribution is 5.30. The Morgan fingerprint density at radius 2 is 2.00 bits per heavy atom. The van der Waals surface area contributed by atoms with E-state index in [1.807, 2.05) is 0 Å². The van der Waals surface area contributed by atoms with Crippen molar-refractivity contribution >= 4 is 0 Å². The van der Waals surface area contributed by atoms with Crippen molar-refractivity contribution in [2.45, 2.75) is 27.2 Å². The highest BCUT2D eigenvalue weighted by atomic mass is 16.3. The SMILES string of the molecule is Cc1ccc(CC(C)C(CN)CO)c(C)c1. The van der Waals surface area contributed by atoms with Crippen molar-refractivity contribution in [2.24, 2.45) is 17.6 Å². The van der Waals surface area contributed by atoms with Gasteiger partial charge in [0.1, 0.15) is 0 Å². The molecule has 2 nitrogen and oxygen atoms in total. The predicted octanol–water partition coefficient (Wildman–Crippen LogP) is 2.05. The fraction of sp³-hybridized carbons (Fsp3) is 0.571. The van der Waals surface area contributed by atoms with E-state index in [1.54, 1.807) is 0 Å². The van der Waals surface area contributed by atoms with E-state index in [4.69, 9.17) is 5.73 Å². The summed E-state index contributed by atoms with van der Waals surface area (Å²) in [6, 6.07) is 6.54. The molecule has 0 aliphatic rings. The van der Waals surface area contributed by atoms with E-state index in [-0.39, 0.29) is 12.5 Å². The molecule has 2 atom stereocenters. The Labute approximate surface area is 98.5 Å². The average Bonchev–Trinajstić information content (AvgIpc) is 2.24. The van der Waals surface area contributed by atoms with Crippen LogP contribution in [0.4, 0.5) is 0 Å². The molecule has 0 bridgehead atoms. The largest absolute Gasteiger partial charge is 0.396 e. The van der Waals surface area contributed by atoms with Crippen molar-refractivity contribution in [1.82, 2.24) is 0 Å². The third-order valence-electron chi connectivity index (χ3n) is 3.38. The van der Waals surface area contributed by atoms with E-state index >= 15 is 0 Å². The Balaban J connectivity index is 2.72. The first kappa shape index (κ1) is 13.2. The summed E-state index contributed by atoms with van der Waals surface area (Å²) < 4.78 is 0. The molecule has 1 aromatic carbocycles. The molecule has 0 fully saturated rings. The van der Waals surface area contributed by atoms with Crippen LogP contribution in [0.15, 0.2) is 18.2 Å². The van der Waals surface area contributed by atoms with Crippen LogP contribution >= 0.6 is 0 Å². The summed E-state index contributed by atoms with van der Waals surface area (Å²) >= 11 is 0. The number of benzene rings is 1. The zero-order chi connectivity index (χ0) is 12.1. The number of rotatable bonds is 5. The minimum absolute atomic E-state index is 0.183. The van der Waals surface area contributed by atoms with Gasteiger partial charge in [-0.3, -0.25) is 0 Å². The lowest BCUT2D eigenvalue weighted by Crippen LogP contribution is -2.26. The van der Waals surface area contributed by atoms with Crippen LogP contribution in [0.3, 0.4) is 0 Å². The maximum Gasteiger partial charge on any atom is 0.0474 e. The second-order valence-electron chi connectivity index (χ2n) is 4.79. The molecule has 0 radical (unpaired) electrons. The number of aliphatic hydroxyl groups excluding tert-OH is 1. The summed E-state index contributed by atoms with van der Waals surface area (Å²) in [6.45, 7) is 7.15. The summed E-state index contributed by atoms with van der Waals surface area (Å²) in [6.07, 6.45) is 0.995. The van der Waals surface area contributed by atoms with Gasteiger partial charge >= 0.3 is 0 Å². The summed E-state index contributed by atoms with van der Waals surface area (Å²) in [4.78, 5) is 0. The highest BCUT2D eigenvalue weighted by Crippen LogP contribution is 2.19. The van der Waals surface area contributed by atoms with Crippen LogP contribution in [0.5, 0.6) is 0 Å². The molecule has 1 aromatic rings. The van der Waals surface area contributed by atoms with Crippen molar-refractivity contribution in [2.75, 3.05) is 13.2 Å². The molecule has 3 N–H and O–H groups in total. The molecule has 90 valence electrons. The maximum atomic E-state index is 9.21. The first-order valence-corrected chi connectivity index (χ1v) is 5.95. The molecule has 0 saturated heterocycles. The zero-order valence-corrected chi connectivity index (χ0v) is 10.5. The lowest BCUT2D eigenvalue weighted by molar-refractivity contribution is 0.187. The summed E-state index contributed by atoms with van der Waals surface area (Å²) in [7, 11) is 0. The first-order chi connectivity index (χ1) is 7.58. The van der Waals surface area contributed by atoms with E-state index in [0.717, 1.165) is 6.42 Å². The topological polar surface area (TPSA) is 46.2 Å². The van der Waals surface area contributed by atoms with E-state index in [1.165, 1.54) is 16.7 Å². The Bertz CT molecular complexity index is 332. The minimum Gasteiger partial charge on any atom is -0.396 e. The molecule has 0 amide bonds. The number of nitrogens with two attached hydrogens (primary N) is 1. The van der Waals surface area contributed by atoms with Gasteiger partial charge < -0.3 is 10.8 Å². The predicted molar refractivity (Wildman–Crippen MR) is 68.4 cm³/mol. The van der Waals surface area contributed by atoms with Crippen LogP contribution in [-0.4, -0.2) is 18.3 Å². The molecule has 0 saturated carbocycles. The highest BCUT2D eigenvalue weighted by Gasteiger charge is 2.15. The number of hydrogen-bond donors (Lipinski definition) is 2. The third kappa shape index (κ3) is 3.32. The van der Waals surface area contributed by atoms with Gasteiger partial charge in [-0.1, -0.05) is 30.7 Å². The third-order valence-corrected chi connectivity index (χ3v) is 3.38. The smallest absolute Gasteiger partial charge is 0.0474 e. The number of aliphatic hydroxyl groups is 1. The standard InChI is InChI=1S/C14H23NO/c1-10-4-5-13(11(2)6-10)7-12(3)14(8-15)9-16/h4-6,12,14,16H,7-9,15H2,1-3H3. The van der Waals surface area contributed by atoms with Gasteiger partial charge in [-0.25, -0.2) is 0 Å². The zero-order valence-electron chi connectivity index (χ0n) is 10.5. The van der Waals surface area contributed by atoms with Crippen molar-refractivity contribution < 1.29 is 5.11 Å². The second-order valence-corrected chi connectivity index (χ2v) is 4.79. The fourth-order valence-corrected chi connectivity index (χ4v) is 2.08. The van der Waals surface area contributed by atoms with Gasteiger partial charge in [0, 0.05) is 6.61 Å².